The van der Waals surface area contributed by atoms with Crippen LogP contribution in [0.4, 0.5) is 0 Å². The summed E-state index contributed by atoms with van der Waals surface area (Å²) in [5.74, 6) is 4.80. The molecule has 6 atom stereocenters. The summed E-state index contributed by atoms with van der Waals surface area (Å²) in [6, 6.07) is 21.0. The van der Waals surface area contributed by atoms with Gasteiger partial charge in [-0.25, -0.2) is 0 Å². The SMILES string of the molecule is C/C1=C\[C@H]2O[C@@H]3OC(C)(C)O[C@@H]3[C@@H]2CC(=O)CC(=O)O[C@H](CO[Si](C)(C)C(C)(C)C)CC(O[Si](c2ccccc2)(c2ccccc2)C(C)(C)C)CC#C1. The lowest BCUT2D eigenvalue weighted by atomic mass is 9.90. The number of rotatable bonds is 7. The number of carbonyl (C=O) groups is 2. The number of carbonyl (C=O) groups excluding carboxylic acids is 2. The Kier molecular flexibility index (Phi) is 12.5. The van der Waals surface area contributed by atoms with Gasteiger partial charge in [0.2, 0.25) is 0 Å². The number of fused-ring (bicyclic) bond motifs is 3. The van der Waals surface area contributed by atoms with E-state index in [0.29, 0.717) is 12.8 Å². The molecule has 3 aliphatic rings. The lowest BCUT2D eigenvalue weighted by Gasteiger charge is -2.45. The van der Waals surface area contributed by atoms with Gasteiger partial charge < -0.3 is 27.8 Å². The van der Waals surface area contributed by atoms with Crippen LogP contribution < -0.4 is 10.4 Å². The zero-order valence-corrected chi connectivity index (χ0v) is 35.6. The summed E-state index contributed by atoms with van der Waals surface area (Å²) in [6.45, 7) is 23.5. The van der Waals surface area contributed by atoms with E-state index in [9.17, 15) is 9.59 Å². The van der Waals surface area contributed by atoms with Gasteiger partial charge in [0.1, 0.15) is 24.4 Å². The largest absolute Gasteiger partial charge is 0.460 e. The van der Waals surface area contributed by atoms with Crippen molar-refractivity contribution in [2.24, 2.45) is 5.92 Å². The Hall–Kier alpha value is -2.89. The van der Waals surface area contributed by atoms with Gasteiger partial charge in [-0.3, -0.25) is 9.59 Å². The lowest BCUT2D eigenvalue weighted by molar-refractivity contribution is -0.205. The normalized spacial score (nSPS) is 28.3. The number of Topliss-reactive ketones (excluding diaryl/α,β-unsaturated/α-hetero) is 1. The number of hydrogen-bond acceptors (Lipinski definition) is 8. The molecular formula is C43H60O8Si2. The number of esters is 1. The summed E-state index contributed by atoms with van der Waals surface area (Å²) in [6.07, 6.45) is -0.182. The van der Waals surface area contributed by atoms with Crippen molar-refractivity contribution in [1.29, 1.82) is 0 Å². The first-order valence-electron chi connectivity index (χ1n) is 19.0. The molecule has 2 aromatic rings. The number of allylic oxidation sites excluding steroid dienone is 1. The molecule has 1 unspecified atom stereocenters. The Morgan fingerprint density at radius 3 is 2.06 bits per heavy atom. The average Bonchev–Trinajstić information content (AvgIpc) is 3.52. The highest BCUT2D eigenvalue weighted by Crippen LogP contribution is 2.43. The molecule has 2 aromatic carbocycles. The fraction of sp³-hybridized carbons (Fsp3) is 0.581. The first-order chi connectivity index (χ1) is 24.7. The van der Waals surface area contributed by atoms with Crippen LogP contribution in [0.5, 0.6) is 0 Å². The third-order valence-electron chi connectivity index (χ3n) is 11.1. The number of hydrogen-bond donors (Lipinski definition) is 0. The van der Waals surface area contributed by atoms with Crippen molar-refractivity contribution in [3.8, 4) is 11.8 Å². The fourth-order valence-electron chi connectivity index (χ4n) is 7.38. The third kappa shape index (κ3) is 9.68. The summed E-state index contributed by atoms with van der Waals surface area (Å²) in [7, 11) is -5.25. The monoisotopic (exact) mass is 760 g/mol. The van der Waals surface area contributed by atoms with Crippen LogP contribution in [0.2, 0.25) is 23.2 Å². The topological polar surface area (TPSA) is 89.5 Å². The van der Waals surface area contributed by atoms with Crippen LogP contribution in [0.15, 0.2) is 72.3 Å². The first kappa shape index (κ1) is 41.3. The van der Waals surface area contributed by atoms with E-state index < -0.39 is 59.1 Å². The molecule has 53 heavy (non-hydrogen) atoms. The van der Waals surface area contributed by atoms with Crippen LogP contribution in [-0.4, -0.2) is 71.5 Å². The molecule has 3 aliphatic heterocycles. The summed E-state index contributed by atoms with van der Waals surface area (Å²) in [5.41, 5.74) is 0.816. The van der Waals surface area contributed by atoms with Crippen molar-refractivity contribution in [1.82, 2.24) is 0 Å². The molecule has 2 fully saturated rings. The van der Waals surface area contributed by atoms with Crippen molar-refractivity contribution in [3.63, 3.8) is 0 Å². The highest BCUT2D eigenvalue weighted by Gasteiger charge is 2.55. The Morgan fingerprint density at radius 2 is 1.49 bits per heavy atom. The zero-order chi connectivity index (χ0) is 38.8. The van der Waals surface area contributed by atoms with Crippen LogP contribution in [0, 0.1) is 17.8 Å². The molecule has 0 aliphatic carbocycles. The second-order valence-corrected chi connectivity index (χ2v) is 26.9. The van der Waals surface area contributed by atoms with Crippen molar-refractivity contribution < 1.29 is 37.4 Å². The van der Waals surface area contributed by atoms with E-state index in [1.165, 1.54) is 0 Å². The molecule has 0 saturated carbocycles. The van der Waals surface area contributed by atoms with E-state index in [-0.39, 0.29) is 41.2 Å². The second kappa shape index (κ2) is 16.1. The maximum Gasteiger partial charge on any atom is 0.313 e. The Balaban J connectivity index is 1.57. The Morgan fingerprint density at radius 1 is 0.887 bits per heavy atom. The maximum atomic E-state index is 13.7. The molecule has 0 spiro atoms. The Bertz CT molecular complexity index is 1640. The van der Waals surface area contributed by atoms with E-state index in [1.807, 2.05) is 39.0 Å². The highest BCUT2D eigenvalue weighted by molar-refractivity contribution is 6.99. The molecule has 0 amide bonds. The van der Waals surface area contributed by atoms with Crippen LogP contribution in [0.25, 0.3) is 0 Å². The van der Waals surface area contributed by atoms with Crippen molar-refractivity contribution in [2.75, 3.05) is 6.61 Å². The minimum Gasteiger partial charge on any atom is -0.460 e. The molecule has 8 nitrogen and oxygen atoms in total. The predicted octanol–water partition coefficient (Wildman–Crippen LogP) is 7.45. The third-order valence-corrected chi connectivity index (χ3v) is 20.7. The van der Waals surface area contributed by atoms with Crippen LogP contribution in [0.3, 0.4) is 0 Å². The van der Waals surface area contributed by atoms with Crippen LogP contribution in [0.1, 0.15) is 88.0 Å². The minimum absolute atomic E-state index is 0.0503. The summed E-state index contributed by atoms with van der Waals surface area (Å²) < 4.78 is 39.1. The van der Waals surface area contributed by atoms with Crippen LogP contribution >= 0.6 is 0 Å². The summed E-state index contributed by atoms with van der Waals surface area (Å²) in [5, 5.41) is 1.97. The van der Waals surface area contributed by atoms with Gasteiger partial charge >= 0.3 is 5.97 Å². The molecule has 2 saturated heterocycles. The molecule has 10 heteroatoms. The van der Waals surface area contributed by atoms with Crippen molar-refractivity contribution in [2.45, 2.75) is 148 Å². The maximum absolute atomic E-state index is 13.7. The average molecular weight is 761 g/mol. The van der Waals surface area contributed by atoms with E-state index >= 15 is 0 Å². The zero-order valence-electron chi connectivity index (χ0n) is 33.6. The molecule has 288 valence electrons. The van der Waals surface area contributed by atoms with E-state index in [0.717, 1.165) is 15.9 Å². The molecule has 5 rings (SSSR count). The molecular weight excluding hydrogens is 701 g/mol. The van der Waals surface area contributed by atoms with E-state index in [2.05, 4.69) is 115 Å². The highest BCUT2D eigenvalue weighted by atomic mass is 28.4. The van der Waals surface area contributed by atoms with E-state index in [1.54, 1.807) is 0 Å². The van der Waals surface area contributed by atoms with Crippen molar-refractivity contribution >= 4 is 38.8 Å². The fourth-order valence-corrected chi connectivity index (χ4v) is 13.1. The van der Waals surface area contributed by atoms with Gasteiger partial charge in [0.15, 0.2) is 20.4 Å². The lowest BCUT2D eigenvalue weighted by Crippen LogP contribution is -2.67. The molecule has 0 bridgehead atoms. The minimum atomic E-state index is -3.02. The molecule has 0 aromatic heterocycles. The second-order valence-electron chi connectivity index (χ2n) is 17.8. The number of cyclic esters (lactones) is 1. The number of benzene rings is 2. The van der Waals surface area contributed by atoms with Gasteiger partial charge in [-0.1, -0.05) is 114 Å². The predicted molar refractivity (Wildman–Crippen MR) is 213 cm³/mol. The molecule has 0 N–H and O–H groups in total. The standard InChI is InChI=1S/C43H60O8Si2/c1-30-19-18-20-32(51-53(42(5,6)7,34-21-14-12-15-22-34)35-23-16-13-17-24-35)28-33(29-46-52(10,11)41(2,3)4)47-38(45)27-31(44)26-36-37(25-30)48-40-39(36)49-43(8,9)50-40/h12-17,21-25,32-33,36-37,39-40H,20,26-29H2,1-11H3/b30-25+/t32?,33-,36+,37+,39+,40+/m0/s1. The summed E-state index contributed by atoms with van der Waals surface area (Å²) >= 11 is 0. The smallest absolute Gasteiger partial charge is 0.313 e. The van der Waals surface area contributed by atoms with Gasteiger partial charge in [-0.2, -0.15) is 0 Å². The van der Waals surface area contributed by atoms with Crippen molar-refractivity contribution in [3.05, 3.63) is 72.3 Å². The van der Waals surface area contributed by atoms with Gasteiger partial charge in [0.25, 0.3) is 8.32 Å². The van der Waals surface area contributed by atoms with Crippen LogP contribution in [-0.2, 0) is 37.4 Å². The van der Waals surface area contributed by atoms with Gasteiger partial charge in [-0.15, -0.1) is 0 Å². The number of ketones is 1. The van der Waals surface area contributed by atoms with E-state index in [4.69, 9.17) is 27.8 Å². The molecule has 3 heterocycles. The quantitative estimate of drug-likeness (QED) is 0.125. The van der Waals surface area contributed by atoms with Gasteiger partial charge in [0.05, 0.1) is 18.8 Å². The summed E-state index contributed by atoms with van der Waals surface area (Å²) in [4.78, 5) is 27.3. The van der Waals surface area contributed by atoms with Gasteiger partial charge in [0, 0.05) is 25.2 Å². The molecule has 0 radical (unpaired) electrons. The van der Waals surface area contributed by atoms with Gasteiger partial charge in [-0.05, 0) is 66.0 Å². The first-order valence-corrected chi connectivity index (χ1v) is 23.8. The Labute approximate surface area is 319 Å². The number of ether oxygens (including phenoxy) is 4.